The maximum atomic E-state index is 9.70. The van der Waals surface area contributed by atoms with Gasteiger partial charge in [-0.3, -0.25) is 0 Å². The molecule has 0 spiro atoms. The maximum absolute atomic E-state index is 9.70. The Morgan fingerprint density at radius 2 is 2.05 bits per heavy atom. The van der Waals surface area contributed by atoms with E-state index < -0.39 is 0 Å². The molecule has 0 radical (unpaired) electrons. The van der Waals surface area contributed by atoms with Crippen LogP contribution in [0.4, 0.5) is 0 Å². The molecule has 0 aromatic carbocycles. The van der Waals surface area contributed by atoms with E-state index in [4.69, 9.17) is 0 Å². The van der Waals surface area contributed by atoms with Crippen molar-refractivity contribution < 1.29 is 10.2 Å². The maximum Gasteiger partial charge on any atom is 0.0491 e. The van der Waals surface area contributed by atoms with Gasteiger partial charge in [0.05, 0.1) is 0 Å². The summed E-state index contributed by atoms with van der Waals surface area (Å²) < 4.78 is 0. The fourth-order valence-corrected chi connectivity index (χ4v) is 3.21. The van der Waals surface area contributed by atoms with Gasteiger partial charge in [-0.05, 0) is 55.3 Å². The molecule has 1 aliphatic rings. The van der Waals surface area contributed by atoms with Crippen LogP contribution >= 0.6 is 0 Å². The van der Waals surface area contributed by atoms with Crippen LogP contribution in [0.25, 0.3) is 0 Å². The highest BCUT2D eigenvalue weighted by Gasteiger charge is 2.38. The van der Waals surface area contributed by atoms with E-state index in [1.54, 1.807) is 0 Å². The van der Waals surface area contributed by atoms with Crippen LogP contribution in [0.2, 0.25) is 0 Å². The van der Waals surface area contributed by atoms with Crippen molar-refractivity contribution >= 4 is 0 Å². The van der Waals surface area contributed by atoms with E-state index in [0.717, 1.165) is 25.7 Å². The molecule has 0 amide bonds. The van der Waals surface area contributed by atoms with Crippen molar-refractivity contribution in [3.05, 3.63) is 23.3 Å². The predicted molar refractivity (Wildman–Crippen MR) is 94.7 cm³/mol. The van der Waals surface area contributed by atoms with Crippen LogP contribution in [0.3, 0.4) is 0 Å². The number of hydrogen-bond donors (Lipinski definition) is 2. The van der Waals surface area contributed by atoms with Gasteiger partial charge in [-0.25, -0.2) is 0 Å². The zero-order chi connectivity index (χ0) is 17.0. The minimum Gasteiger partial charge on any atom is -0.396 e. The van der Waals surface area contributed by atoms with E-state index in [1.807, 2.05) is 0 Å². The van der Waals surface area contributed by atoms with Gasteiger partial charge in [-0.1, -0.05) is 57.9 Å². The summed E-state index contributed by atoms with van der Waals surface area (Å²) in [6.07, 6.45) is 8.71. The molecular formula is C20H36O2. The highest BCUT2D eigenvalue weighted by Crippen LogP contribution is 2.46. The van der Waals surface area contributed by atoms with Crippen LogP contribution in [0.5, 0.6) is 0 Å². The third kappa shape index (κ3) is 4.70. The third-order valence-electron chi connectivity index (χ3n) is 5.86. The molecule has 2 unspecified atom stereocenters. The van der Waals surface area contributed by atoms with Crippen molar-refractivity contribution in [2.45, 2.75) is 67.2 Å². The van der Waals surface area contributed by atoms with Gasteiger partial charge in [-0.2, -0.15) is 0 Å². The molecule has 1 rings (SSSR count). The lowest BCUT2D eigenvalue weighted by molar-refractivity contribution is 0.0338. The largest absolute Gasteiger partial charge is 0.396 e. The minimum atomic E-state index is -0.164. The summed E-state index contributed by atoms with van der Waals surface area (Å²) in [5, 5.41) is 19.4. The first-order chi connectivity index (χ1) is 10.2. The first kappa shape index (κ1) is 19.4. The Morgan fingerprint density at radius 3 is 2.55 bits per heavy atom. The molecule has 22 heavy (non-hydrogen) atoms. The first-order valence-electron chi connectivity index (χ1n) is 8.74. The van der Waals surface area contributed by atoms with E-state index in [1.165, 1.54) is 11.1 Å². The fourth-order valence-electron chi connectivity index (χ4n) is 3.21. The molecule has 0 bridgehead atoms. The number of allylic oxidation sites excluding steroid dienone is 4. The normalized spacial score (nSPS) is 27.2. The van der Waals surface area contributed by atoms with E-state index in [0.29, 0.717) is 5.92 Å². The summed E-state index contributed by atoms with van der Waals surface area (Å²) in [7, 11) is 0. The molecule has 0 aromatic heterocycles. The summed E-state index contributed by atoms with van der Waals surface area (Å²) in [5.41, 5.74) is 2.92. The van der Waals surface area contributed by atoms with E-state index >= 15 is 0 Å². The molecule has 128 valence electrons. The number of rotatable bonds is 7. The number of aliphatic hydroxyl groups excluding tert-OH is 2. The molecule has 2 heteroatoms. The second kappa shape index (κ2) is 7.79. The van der Waals surface area contributed by atoms with Crippen LogP contribution in [-0.2, 0) is 0 Å². The van der Waals surface area contributed by atoms with Gasteiger partial charge in [0.2, 0.25) is 0 Å². The summed E-state index contributed by atoms with van der Waals surface area (Å²) in [6.45, 7) is 13.7. The molecule has 0 saturated heterocycles. The molecule has 2 nitrogen and oxygen atoms in total. The second-order valence-corrected chi connectivity index (χ2v) is 8.35. The number of aliphatic hydroxyl groups is 2. The van der Waals surface area contributed by atoms with E-state index in [2.05, 4.69) is 53.7 Å². The average Bonchev–Trinajstić information content (AvgIpc) is 2.46. The Labute approximate surface area is 137 Å². The fraction of sp³-hybridized carbons (Fsp3) is 0.800. The summed E-state index contributed by atoms with van der Waals surface area (Å²) in [4.78, 5) is 0. The van der Waals surface area contributed by atoms with Gasteiger partial charge in [-0.15, -0.1) is 0 Å². The third-order valence-corrected chi connectivity index (χ3v) is 5.86. The van der Waals surface area contributed by atoms with Crippen molar-refractivity contribution in [3.8, 4) is 0 Å². The molecule has 2 N–H and O–H groups in total. The van der Waals surface area contributed by atoms with Gasteiger partial charge < -0.3 is 10.2 Å². The molecule has 0 fully saturated rings. The Hall–Kier alpha value is -0.600. The molecule has 2 atom stereocenters. The van der Waals surface area contributed by atoms with Crippen LogP contribution in [0.15, 0.2) is 23.3 Å². The Balaban J connectivity index is 2.75. The van der Waals surface area contributed by atoms with E-state index in [9.17, 15) is 10.2 Å². The van der Waals surface area contributed by atoms with Crippen molar-refractivity contribution in [2.75, 3.05) is 13.2 Å². The summed E-state index contributed by atoms with van der Waals surface area (Å²) in [5.74, 6) is 0.797. The smallest absolute Gasteiger partial charge is 0.0491 e. The summed E-state index contributed by atoms with van der Waals surface area (Å²) in [6, 6.07) is 0. The topological polar surface area (TPSA) is 40.5 Å². The van der Waals surface area contributed by atoms with Crippen LogP contribution < -0.4 is 0 Å². The average molecular weight is 309 g/mol. The monoisotopic (exact) mass is 308 g/mol. The molecule has 0 aromatic rings. The zero-order valence-electron chi connectivity index (χ0n) is 15.4. The Bertz CT molecular complexity index is 417. The van der Waals surface area contributed by atoms with Gasteiger partial charge in [0, 0.05) is 13.2 Å². The van der Waals surface area contributed by atoms with Gasteiger partial charge >= 0.3 is 0 Å². The van der Waals surface area contributed by atoms with E-state index in [-0.39, 0.29) is 30.0 Å². The quantitative estimate of drug-likeness (QED) is 0.668. The van der Waals surface area contributed by atoms with Crippen LogP contribution in [0.1, 0.15) is 67.2 Å². The summed E-state index contributed by atoms with van der Waals surface area (Å²) >= 11 is 0. The Morgan fingerprint density at radius 1 is 1.41 bits per heavy atom. The predicted octanol–water partition coefficient (Wildman–Crippen LogP) is 4.72. The number of hydrogen-bond acceptors (Lipinski definition) is 2. The van der Waals surface area contributed by atoms with Crippen molar-refractivity contribution in [3.63, 3.8) is 0 Å². The van der Waals surface area contributed by atoms with Gasteiger partial charge in [0.1, 0.15) is 0 Å². The second-order valence-electron chi connectivity index (χ2n) is 8.35. The lowest BCUT2D eigenvalue weighted by Crippen LogP contribution is -2.38. The van der Waals surface area contributed by atoms with Gasteiger partial charge in [0.15, 0.2) is 0 Å². The molecule has 0 saturated carbocycles. The standard InChI is InChI=1S/C20H36O2/c1-15(2)16(3)8-7-10-19(4,5)17-9-11-20(6,14-22)18(12-17)13-21/h8-9,15,18,21-22H,7,10-14H2,1-6H3/b16-8+. The molecule has 0 heterocycles. The van der Waals surface area contributed by atoms with Crippen molar-refractivity contribution in [1.82, 2.24) is 0 Å². The van der Waals surface area contributed by atoms with Crippen molar-refractivity contribution in [2.24, 2.45) is 22.7 Å². The zero-order valence-corrected chi connectivity index (χ0v) is 15.4. The molecular weight excluding hydrogens is 272 g/mol. The highest BCUT2D eigenvalue weighted by molar-refractivity contribution is 5.19. The first-order valence-corrected chi connectivity index (χ1v) is 8.74. The lowest BCUT2D eigenvalue weighted by Gasteiger charge is -2.42. The lowest BCUT2D eigenvalue weighted by atomic mass is 9.64. The van der Waals surface area contributed by atoms with Crippen LogP contribution in [0, 0.1) is 22.7 Å². The SMILES string of the molecule is C/C(=C\CCC(C)(C)C1=CCC(C)(CO)C(CO)C1)C(C)C. The van der Waals surface area contributed by atoms with Gasteiger partial charge in [0.25, 0.3) is 0 Å². The highest BCUT2D eigenvalue weighted by atomic mass is 16.3. The minimum absolute atomic E-state index is 0.152. The molecule has 0 aliphatic heterocycles. The molecule has 1 aliphatic carbocycles. The Kier molecular flexibility index (Phi) is 6.88. The van der Waals surface area contributed by atoms with Crippen molar-refractivity contribution in [1.29, 1.82) is 0 Å². The van der Waals surface area contributed by atoms with Crippen LogP contribution in [-0.4, -0.2) is 23.4 Å².